The zero-order chi connectivity index (χ0) is 17.7. The minimum atomic E-state index is -0.284. The average molecular weight is 346 g/mol. The molecule has 1 aromatic carbocycles. The Bertz CT molecular complexity index is 668. The van der Waals surface area contributed by atoms with Gasteiger partial charge in [0.15, 0.2) is 0 Å². The van der Waals surface area contributed by atoms with E-state index in [1.165, 1.54) is 0 Å². The summed E-state index contributed by atoms with van der Waals surface area (Å²) in [6.45, 7) is 10.6. The first kappa shape index (κ1) is 18.6. The molecule has 5 heteroatoms. The molecule has 0 fully saturated rings. The van der Waals surface area contributed by atoms with Crippen molar-refractivity contribution in [2.24, 2.45) is 0 Å². The fourth-order valence-electron chi connectivity index (χ4n) is 2.63. The number of nitrogens with one attached hydrogen (secondary N) is 1. The molecule has 0 radical (unpaired) electrons. The summed E-state index contributed by atoms with van der Waals surface area (Å²) in [5.41, 5.74) is 1.67. The summed E-state index contributed by atoms with van der Waals surface area (Å²) in [5.74, 6) is 0.0733. The van der Waals surface area contributed by atoms with Gasteiger partial charge in [0, 0.05) is 22.8 Å². The van der Waals surface area contributed by atoms with Crippen molar-refractivity contribution < 1.29 is 4.79 Å². The van der Waals surface area contributed by atoms with Crippen molar-refractivity contribution in [1.29, 1.82) is 0 Å². The average Bonchev–Trinajstić information content (AvgIpc) is 3.00. The van der Waals surface area contributed by atoms with Crippen molar-refractivity contribution in [2.75, 3.05) is 11.4 Å². The van der Waals surface area contributed by atoms with Crippen LogP contribution in [0.25, 0.3) is 0 Å². The Kier molecular flexibility index (Phi) is 6.13. The fourth-order valence-corrected chi connectivity index (χ4v) is 3.64. The number of hydrogen-bond acceptors (Lipinski definition) is 4. The van der Waals surface area contributed by atoms with Crippen LogP contribution in [0.2, 0.25) is 0 Å². The van der Waals surface area contributed by atoms with Gasteiger partial charge < -0.3 is 4.90 Å². The van der Waals surface area contributed by atoms with Crippen LogP contribution >= 0.6 is 11.3 Å². The van der Waals surface area contributed by atoms with Gasteiger partial charge in [0.1, 0.15) is 5.01 Å². The van der Waals surface area contributed by atoms with Crippen LogP contribution in [-0.4, -0.2) is 23.5 Å². The van der Waals surface area contributed by atoms with E-state index in [1.54, 1.807) is 11.3 Å². The Balaban J connectivity index is 2.12. The molecule has 0 aliphatic carbocycles. The second-order valence-corrected chi connectivity index (χ2v) is 7.38. The molecule has 1 heterocycles. The van der Waals surface area contributed by atoms with E-state index >= 15 is 0 Å². The second kappa shape index (κ2) is 7.90. The highest BCUT2D eigenvalue weighted by Crippen LogP contribution is 2.27. The van der Waals surface area contributed by atoms with E-state index < -0.39 is 0 Å². The summed E-state index contributed by atoms with van der Waals surface area (Å²) in [4.78, 5) is 19.3. The highest BCUT2D eigenvalue weighted by Gasteiger charge is 2.29. The molecule has 1 atom stereocenters. The lowest BCUT2D eigenvalue weighted by Crippen LogP contribution is -2.48. The highest BCUT2D eigenvalue weighted by molar-refractivity contribution is 7.09. The topological polar surface area (TPSA) is 45.2 Å². The Morgan fingerprint density at radius 3 is 2.50 bits per heavy atom. The number of rotatable bonds is 7. The van der Waals surface area contributed by atoms with E-state index in [0.717, 1.165) is 22.8 Å². The SMILES string of the molecule is CC[C@@](C)(NCC(=O)N(c1ccccc1)C(C)C)c1nc(C)cs1. The summed E-state index contributed by atoms with van der Waals surface area (Å²) >= 11 is 1.65. The molecular formula is C19H27N3OS. The minimum absolute atomic E-state index is 0.0733. The van der Waals surface area contributed by atoms with Crippen LogP contribution in [0.1, 0.15) is 44.8 Å². The first-order chi connectivity index (χ1) is 11.4. The van der Waals surface area contributed by atoms with Crippen LogP contribution in [0.4, 0.5) is 5.69 Å². The number of carbonyl (C=O) groups is 1. The standard InChI is InChI=1S/C19H27N3OS/c1-6-19(5,18-21-15(4)13-24-18)20-12-17(23)22(14(2)3)16-10-8-7-9-11-16/h7-11,13-14,20H,6,12H2,1-5H3/t19-/m1/s1. The van der Waals surface area contributed by atoms with Crippen molar-refractivity contribution in [1.82, 2.24) is 10.3 Å². The predicted molar refractivity (Wildman–Crippen MR) is 102 cm³/mol. The third-order valence-corrected chi connectivity index (χ3v) is 5.47. The Hall–Kier alpha value is -1.72. The number of amides is 1. The van der Waals surface area contributed by atoms with Crippen molar-refractivity contribution in [2.45, 2.75) is 52.6 Å². The summed E-state index contributed by atoms with van der Waals surface area (Å²) in [6, 6.07) is 9.93. The summed E-state index contributed by atoms with van der Waals surface area (Å²) in [6.07, 6.45) is 0.875. The number of benzene rings is 1. The van der Waals surface area contributed by atoms with Crippen molar-refractivity contribution >= 4 is 22.9 Å². The lowest BCUT2D eigenvalue weighted by Gasteiger charge is -2.31. The third-order valence-electron chi connectivity index (χ3n) is 4.25. The molecule has 0 aliphatic rings. The highest BCUT2D eigenvalue weighted by atomic mass is 32.1. The monoisotopic (exact) mass is 345 g/mol. The second-order valence-electron chi connectivity index (χ2n) is 6.53. The van der Waals surface area contributed by atoms with E-state index in [-0.39, 0.29) is 24.0 Å². The first-order valence-electron chi connectivity index (χ1n) is 8.42. The van der Waals surface area contributed by atoms with Gasteiger partial charge in [-0.15, -0.1) is 11.3 Å². The molecule has 0 aliphatic heterocycles. The van der Waals surface area contributed by atoms with Gasteiger partial charge in [0.25, 0.3) is 0 Å². The van der Waals surface area contributed by atoms with Gasteiger partial charge in [-0.05, 0) is 46.2 Å². The number of aromatic nitrogens is 1. The molecule has 0 saturated heterocycles. The molecule has 130 valence electrons. The van der Waals surface area contributed by atoms with Gasteiger partial charge in [-0.1, -0.05) is 25.1 Å². The van der Waals surface area contributed by atoms with E-state index in [4.69, 9.17) is 0 Å². The first-order valence-corrected chi connectivity index (χ1v) is 9.30. The van der Waals surface area contributed by atoms with Gasteiger partial charge >= 0.3 is 0 Å². The molecule has 0 unspecified atom stereocenters. The van der Waals surface area contributed by atoms with Crippen LogP contribution in [0.3, 0.4) is 0 Å². The molecule has 0 saturated carbocycles. The minimum Gasteiger partial charge on any atom is -0.309 e. The van der Waals surface area contributed by atoms with E-state index in [9.17, 15) is 4.79 Å². The molecule has 2 rings (SSSR count). The van der Waals surface area contributed by atoms with Crippen molar-refractivity contribution in [3.8, 4) is 0 Å². The maximum Gasteiger partial charge on any atom is 0.241 e. The maximum atomic E-state index is 12.8. The normalized spacial score (nSPS) is 13.8. The lowest BCUT2D eigenvalue weighted by atomic mass is 10.00. The third kappa shape index (κ3) is 4.22. The largest absolute Gasteiger partial charge is 0.309 e. The lowest BCUT2D eigenvalue weighted by molar-refractivity contribution is -0.118. The van der Waals surface area contributed by atoms with Gasteiger partial charge in [-0.25, -0.2) is 4.98 Å². The number of thiazole rings is 1. The fraction of sp³-hybridized carbons (Fsp3) is 0.474. The Morgan fingerprint density at radius 1 is 1.33 bits per heavy atom. The molecule has 1 amide bonds. The maximum absolute atomic E-state index is 12.8. The van der Waals surface area contributed by atoms with Gasteiger partial charge in [-0.2, -0.15) is 0 Å². The quantitative estimate of drug-likeness (QED) is 0.821. The molecule has 0 spiro atoms. The zero-order valence-electron chi connectivity index (χ0n) is 15.2. The van der Waals surface area contributed by atoms with E-state index in [1.807, 2.05) is 56.0 Å². The Morgan fingerprint density at radius 2 is 2.00 bits per heavy atom. The van der Waals surface area contributed by atoms with Gasteiger partial charge in [0.2, 0.25) is 5.91 Å². The molecule has 1 N–H and O–H groups in total. The van der Waals surface area contributed by atoms with Crippen LogP contribution in [0, 0.1) is 6.92 Å². The smallest absolute Gasteiger partial charge is 0.241 e. The Labute approximate surface area is 148 Å². The number of para-hydroxylation sites is 1. The van der Waals surface area contributed by atoms with E-state index in [2.05, 4.69) is 29.5 Å². The van der Waals surface area contributed by atoms with E-state index in [0.29, 0.717) is 0 Å². The van der Waals surface area contributed by atoms with Crippen LogP contribution in [-0.2, 0) is 10.3 Å². The van der Waals surface area contributed by atoms with Gasteiger partial charge in [0.05, 0.1) is 12.1 Å². The van der Waals surface area contributed by atoms with Crippen LogP contribution < -0.4 is 10.2 Å². The van der Waals surface area contributed by atoms with Crippen LogP contribution in [0.5, 0.6) is 0 Å². The number of aryl methyl sites for hydroxylation is 1. The molecule has 4 nitrogen and oxygen atoms in total. The number of anilines is 1. The molecule has 1 aromatic heterocycles. The molecular weight excluding hydrogens is 318 g/mol. The summed E-state index contributed by atoms with van der Waals surface area (Å²) < 4.78 is 0. The number of carbonyl (C=O) groups excluding carboxylic acids is 1. The summed E-state index contributed by atoms with van der Waals surface area (Å²) in [5, 5.41) is 6.52. The predicted octanol–water partition coefficient (Wildman–Crippen LogP) is 4.11. The molecule has 24 heavy (non-hydrogen) atoms. The number of hydrogen-bond donors (Lipinski definition) is 1. The van der Waals surface area contributed by atoms with Crippen LogP contribution in [0.15, 0.2) is 35.7 Å². The van der Waals surface area contributed by atoms with Crippen molar-refractivity contribution in [3.63, 3.8) is 0 Å². The molecule has 0 bridgehead atoms. The zero-order valence-corrected chi connectivity index (χ0v) is 16.0. The molecule has 2 aromatic rings. The number of nitrogens with zero attached hydrogens (tertiary/aromatic N) is 2. The summed E-state index contributed by atoms with van der Waals surface area (Å²) in [7, 11) is 0. The van der Waals surface area contributed by atoms with Crippen molar-refractivity contribution in [3.05, 3.63) is 46.4 Å². The van der Waals surface area contributed by atoms with Gasteiger partial charge in [-0.3, -0.25) is 10.1 Å².